The normalized spacial score (nSPS) is 10.8. The monoisotopic (exact) mass is 255 g/mol. The molecule has 5 heteroatoms. The number of oxazole rings is 1. The van der Waals surface area contributed by atoms with Crippen molar-refractivity contribution >= 4 is 11.1 Å². The van der Waals surface area contributed by atoms with E-state index in [1.807, 2.05) is 30.3 Å². The summed E-state index contributed by atoms with van der Waals surface area (Å²) in [4.78, 5) is 8.70. The number of hydrogen-bond donors (Lipinski definition) is 1. The second-order valence-corrected chi connectivity index (χ2v) is 4.11. The Hall–Kier alpha value is -2.40. The van der Waals surface area contributed by atoms with Gasteiger partial charge in [0, 0.05) is 18.8 Å². The lowest BCUT2D eigenvalue weighted by molar-refractivity contribution is 0.415. The quantitative estimate of drug-likeness (QED) is 0.777. The van der Waals surface area contributed by atoms with Gasteiger partial charge in [-0.05, 0) is 23.8 Å². The number of rotatable bonds is 3. The highest BCUT2D eigenvalue weighted by Gasteiger charge is 2.10. The van der Waals surface area contributed by atoms with Crippen LogP contribution in [0.5, 0.6) is 5.75 Å². The molecule has 0 fully saturated rings. The zero-order valence-electron chi connectivity index (χ0n) is 10.5. The molecule has 0 aliphatic heterocycles. The van der Waals surface area contributed by atoms with Gasteiger partial charge in [-0.25, -0.2) is 4.98 Å². The Labute approximate surface area is 110 Å². The second-order valence-electron chi connectivity index (χ2n) is 4.11. The predicted octanol–water partition coefficient (Wildman–Crippen LogP) is 2.36. The molecular weight excluding hydrogens is 242 g/mol. The molecule has 0 bridgehead atoms. The van der Waals surface area contributed by atoms with E-state index >= 15 is 0 Å². The van der Waals surface area contributed by atoms with Gasteiger partial charge in [0.25, 0.3) is 0 Å². The summed E-state index contributed by atoms with van der Waals surface area (Å²) in [6, 6.07) is 9.26. The molecule has 2 N–H and O–H groups in total. The van der Waals surface area contributed by atoms with Gasteiger partial charge < -0.3 is 14.9 Å². The smallest absolute Gasteiger partial charge is 0.246 e. The number of ether oxygens (including phenoxy) is 1. The summed E-state index contributed by atoms with van der Waals surface area (Å²) < 4.78 is 10.8. The molecule has 3 aromatic rings. The van der Waals surface area contributed by atoms with E-state index in [0.29, 0.717) is 23.7 Å². The van der Waals surface area contributed by atoms with Crippen molar-refractivity contribution in [3.8, 4) is 17.3 Å². The number of nitrogens with two attached hydrogens (primary N) is 1. The van der Waals surface area contributed by atoms with Crippen LogP contribution < -0.4 is 10.5 Å². The van der Waals surface area contributed by atoms with Gasteiger partial charge in [-0.2, -0.15) is 0 Å². The van der Waals surface area contributed by atoms with Crippen molar-refractivity contribution in [2.24, 2.45) is 5.73 Å². The van der Waals surface area contributed by atoms with Crippen molar-refractivity contribution < 1.29 is 9.15 Å². The number of aromatic nitrogens is 2. The van der Waals surface area contributed by atoms with Crippen LogP contribution in [0.15, 0.2) is 40.9 Å². The average Bonchev–Trinajstić information content (AvgIpc) is 2.90. The average molecular weight is 255 g/mol. The first-order chi connectivity index (χ1) is 9.30. The first kappa shape index (κ1) is 11.7. The van der Waals surface area contributed by atoms with E-state index in [4.69, 9.17) is 14.9 Å². The molecule has 96 valence electrons. The third-order valence-corrected chi connectivity index (χ3v) is 2.87. The molecule has 0 saturated carbocycles. The van der Waals surface area contributed by atoms with Crippen LogP contribution in [0.25, 0.3) is 22.7 Å². The van der Waals surface area contributed by atoms with E-state index in [-0.39, 0.29) is 0 Å². The molecule has 0 aliphatic carbocycles. The SMILES string of the molecule is COc1ccc2oc(-c3ccc(CN)cn3)nc2c1. The summed E-state index contributed by atoms with van der Waals surface area (Å²) in [6.45, 7) is 0.470. The molecule has 1 aromatic carbocycles. The van der Waals surface area contributed by atoms with Gasteiger partial charge in [-0.1, -0.05) is 6.07 Å². The van der Waals surface area contributed by atoms with Crippen molar-refractivity contribution in [1.82, 2.24) is 9.97 Å². The highest BCUT2D eigenvalue weighted by atomic mass is 16.5. The Morgan fingerprint density at radius 1 is 1.26 bits per heavy atom. The van der Waals surface area contributed by atoms with Crippen LogP contribution >= 0.6 is 0 Å². The predicted molar refractivity (Wildman–Crippen MR) is 71.7 cm³/mol. The Kier molecular flexibility index (Phi) is 2.89. The number of benzene rings is 1. The summed E-state index contributed by atoms with van der Waals surface area (Å²) in [5.74, 6) is 1.24. The standard InChI is InChI=1S/C14H13N3O2/c1-18-10-3-5-13-12(6-10)17-14(19-13)11-4-2-9(7-15)8-16-11/h2-6,8H,7,15H2,1H3. The van der Waals surface area contributed by atoms with Gasteiger partial charge in [0.05, 0.1) is 7.11 Å². The Morgan fingerprint density at radius 2 is 2.16 bits per heavy atom. The molecule has 2 heterocycles. The van der Waals surface area contributed by atoms with E-state index in [0.717, 1.165) is 16.8 Å². The maximum absolute atomic E-state index is 5.67. The Bertz CT molecular complexity index is 704. The van der Waals surface area contributed by atoms with Crippen LogP contribution in [0.3, 0.4) is 0 Å². The van der Waals surface area contributed by atoms with Crippen LogP contribution in [0.4, 0.5) is 0 Å². The molecule has 3 rings (SSSR count). The highest BCUT2D eigenvalue weighted by molar-refractivity contribution is 5.77. The molecule has 0 radical (unpaired) electrons. The topological polar surface area (TPSA) is 74.2 Å². The van der Waals surface area contributed by atoms with Gasteiger partial charge in [0.1, 0.15) is 17.0 Å². The molecule has 0 amide bonds. The maximum Gasteiger partial charge on any atom is 0.246 e. The van der Waals surface area contributed by atoms with E-state index in [1.165, 1.54) is 0 Å². The van der Waals surface area contributed by atoms with Crippen molar-refractivity contribution in [3.63, 3.8) is 0 Å². The minimum Gasteiger partial charge on any atom is -0.497 e. The molecule has 0 aliphatic rings. The van der Waals surface area contributed by atoms with Crippen molar-refractivity contribution in [2.45, 2.75) is 6.54 Å². The van der Waals surface area contributed by atoms with Crippen LogP contribution in [0.2, 0.25) is 0 Å². The van der Waals surface area contributed by atoms with Gasteiger partial charge in [0.2, 0.25) is 5.89 Å². The Morgan fingerprint density at radius 3 is 2.84 bits per heavy atom. The molecule has 2 aromatic heterocycles. The largest absolute Gasteiger partial charge is 0.497 e. The summed E-state index contributed by atoms with van der Waals surface area (Å²) in [6.07, 6.45) is 1.73. The summed E-state index contributed by atoms with van der Waals surface area (Å²) in [5.41, 5.74) is 8.66. The lowest BCUT2D eigenvalue weighted by atomic mass is 10.2. The fourth-order valence-corrected chi connectivity index (χ4v) is 1.82. The first-order valence-corrected chi connectivity index (χ1v) is 5.90. The van der Waals surface area contributed by atoms with Gasteiger partial charge in [0.15, 0.2) is 5.58 Å². The van der Waals surface area contributed by atoms with Gasteiger partial charge in [-0.15, -0.1) is 0 Å². The number of pyridine rings is 1. The lowest BCUT2D eigenvalue weighted by Gasteiger charge is -1.96. The maximum atomic E-state index is 5.67. The first-order valence-electron chi connectivity index (χ1n) is 5.90. The molecular formula is C14H13N3O2. The third kappa shape index (κ3) is 2.15. The van der Waals surface area contributed by atoms with Crippen LogP contribution in [-0.2, 0) is 6.54 Å². The fraction of sp³-hybridized carbons (Fsp3) is 0.143. The summed E-state index contributed by atoms with van der Waals surface area (Å²) in [5, 5.41) is 0. The van der Waals surface area contributed by atoms with Crippen LogP contribution in [0, 0.1) is 0 Å². The van der Waals surface area contributed by atoms with Crippen LogP contribution in [0.1, 0.15) is 5.56 Å². The van der Waals surface area contributed by atoms with Crippen molar-refractivity contribution in [3.05, 3.63) is 42.1 Å². The number of nitrogens with zero attached hydrogens (tertiary/aromatic N) is 2. The van der Waals surface area contributed by atoms with Gasteiger partial charge in [-0.3, -0.25) is 4.98 Å². The number of fused-ring (bicyclic) bond motifs is 1. The summed E-state index contributed by atoms with van der Waals surface area (Å²) in [7, 11) is 1.62. The van der Waals surface area contributed by atoms with Gasteiger partial charge >= 0.3 is 0 Å². The molecule has 0 spiro atoms. The van der Waals surface area contributed by atoms with E-state index in [9.17, 15) is 0 Å². The Balaban J connectivity index is 2.04. The molecule has 0 atom stereocenters. The molecule has 0 saturated heterocycles. The van der Waals surface area contributed by atoms with E-state index in [1.54, 1.807) is 13.3 Å². The van der Waals surface area contributed by atoms with E-state index < -0.39 is 0 Å². The van der Waals surface area contributed by atoms with E-state index in [2.05, 4.69) is 9.97 Å². The molecule has 19 heavy (non-hydrogen) atoms. The zero-order valence-corrected chi connectivity index (χ0v) is 10.5. The minimum absolute atomic E-state index is 0.470. The summed E-state index contributed by atoms with van der Waals surface area (Å²) >= 11 is 0. The lowest BCUT2D eigenvalue weighted by Crippen LogP contribution is -1.96. The minimum atomic E-state index is 0.470. The number of methoxy groups -OCH3 is 1. The highest BCUT2D eigenvalue weighted by Crippen LogP contribution is 2.25. The molecule has 5 nitrogen and oxygen atoms in total. The third-order valence-electron chi connectivity index (χ3n) is 2.87. The second kappa shape index (κ2) is 4.70. The van der Waals surface area contributed by atoms with Crippen molar-refractivity contribution in [2.75, 3.05) is 7.11 Å². The molecule has 0 unspecified atom stereocenters. The van der Waals surface area contributed by atoms with Crippen LogP contribution in [-0.4, -0.2) is 17.1 Å². The zero-order chi connectivity index (χ0) is 13.2. The number of hydrogen-bond acceptors (Lipinski definition) is 5. The van der Waals surface area contributed by atoms with Crippen molar-refractivity contribution in [1.29, 1.82) is 0 Å². The fourth-order valence-electron chi connectivity index (χ4n) is 1.82.